The SMILES string of the molecule is CCc1cccc(CC)c1-c1cc(OC)c(CN(CCc2ccccc2)Cc2ccccc2)c(C)n1. The maximum atomic E-state index is 5.98. The molecular weight excluding hydrogens is 440 g/mol. The molecule has 0 aliphatic rings. The van der Waals surface area contributed by atoms with Crippen molar-refractivity contribution in [3.63, 3.8) is 0 Å². The Balaban J connectivity index is 1.66. The molecule has 0 aliphatic carbocycles. The van der Waals surface area contributed by atoms with Crippen molar-refractivity contribution >= 4 is 0 Å². The summed E-state index contributed by atoms with van der Waals surface area (Å²) in [6, 6.07) is 30.2. The average molecular weight is 479 g/mol. The minimum atomic E-state index is 0.792. The molecule has 0 saturated carbocycles. The molecule has 4 rings (SSSR count). The summed E-state index contributed by atoms with van der Waals surface area (Å²) in [6.45, 7) is 9.19. The zero-order valence-electron chi connectivity index (χ0n) is 22.1. The van der Waals surface area contributed by atoms with E-state index in [1.54, 1.807) is 7.11 Å². The van der Waals surface area contributed by atoms with Crippen LogP contribution < -0.4 is 4.74 Å². The summed E-state index contributed by atoms with van der Waals surface area (Å²) in [6.07, 6.45) is 2.97. The van der Waals surface area contributed by atoms with Crippen LogP contribution in [0.5, 0.6) is 5.75 Å². The Labute approximate surface area is 216 Å². The van der Waals surface area contributed by atoms with Crippen LogP contribution in [0.2, 0.25) is 0 Å². The topological polar surface area (TPSA) is 25.4 Å². The fourth-order valence-corrected chi connectivity index (χ4v) is 4.96. The van der Waals surface area contributed by atoms with Crippen molar-refractivity contribution in [2.24, 2.45) is 0 Å². The zero-order chi connectivity index (χ0) is 25.3. The molecular formula is C33H38N2O. The van der Waals surface area contributed by atoms with Crippen molar-refractivity contribution in [3.05, 3.63) is 118 Å². The van der Waals surface area contributed by atoms with Gasteiger partial charge in [-0.2, -0.15) is 0 Å². The van der Waals surface area contributed by atoms with E-state index in [2.05, 4.69) is 111 Å². The predicted octanol–water partition coefficient (Wildman–Crippen LogP) is 7.44. The van der Waals surface area contributed by atoms with E-state index in [1.165, 1.54) is 27.8 Å². The molecule has 4 aromatic rings. The fourth-order valence-electron chi connectivity index (χ4n) is 4.96. The Morgan fingerprint density at radius 2 is 1.36 bits per heavy atom. The molecule has 0 saturated heterocycles. The van der Waals surface area contributed by atoms with E-state index in [-0.39, 0.29) is 0 Å². The van der Waals surface area contributed by atoms with Crippen LogP contribution in [0.4, 0.5) is 0 Å². The van der Waals surface area contributed by atoms with Crippen molar-refractivity contribution in [2.75, 3.05) is 13.7 Å². The maximum absolute atomic E-state index is 5.98. The molecule has 0 atom stereocenters. The number of rotatable bonds is 11. The van der Waals surface area contributed by atoms with Gasteiger partial charge in [-0.05, 0) is 48.4 Å². The van der Waals surface area contributed by atoms with Gasteiger partial charge in [-0.25, -0.2) is 0 Å². The Morgan fingerprint density at radius 3 is 1.94 bits per heavy atom. The normalized spacial score (nSPS) is 11.1. The molecule has 36 heavy (non-hydrogen) atoms. The summed E-state index contributed by atoms with van der Waals surface area (Å²) in [4.78, 5) is 7.65. The smallest absolute Gasteiger partial charge is 0.127 e. The van der Waals surface area contributed by atoms with Crippen molar-refractivity contribution in [1.82, 2.24) is 9.88 Å². The second-order valence-electron chi connectivity index (χ2n) is 9.36. The van der Waals surface area contributed by atoms with Crippen LogP contribution in [-0.2, 0) is 32.4 Å². The quantitative estimate of drug-likeness (QED) is 0.224. The summed E-state index contributed by atoms with van der Waals surface area (Å²) in [5.41, 5.74) is 9.83. The monoisotopic (exact) mass is 478 g/mol. The lowest BCUT2D eigenvalue weighted by Crippen LogP contribution is -2.26. The Morgan fingerprint density at radius 1 is 0.750 bits per heavy atom. The van der Waals surface area contributed by atoms with Crippen LogP contribution in [0.15, 0.2) is 84.9 Å². The predicted molar refractivity (Wildman–Crippen MR) is 150 cm³/mol. The van der Waals surface area contributed by atoms with Gasteiger partial charge in [-0.3, -0.25) is 9.88 Å². The summed E-state index contributed by atoms with van der Waals surface area (Å²) in [5.74, 6) is 0.920. The van der Waals surface area contributed by atoms with Crippen LogP contribution in [0, 0.1) is 6.92 Å². The van der Waals surface area contributed by atoms with Crippen LogP contribution in [0.25, 0.3) is 11.3 Å². The lowest BCUT2D eigenvalue weighted by atomic mass is 9.94. The third-order valence-corrected chi connectivity index (χ3v) is 6.96. The Bertz CT molecular complexity index is 1230. The van der Waals surface area contributed by atoms with Crippen LogP contribution >= 0.6 is 0 Å². The first-order valence-corrected chi connectivity index (χ1v) is 13.1. The van der Waals surface area contributed by atoms with Gasteiger partial charge >= 0.3 is 0 Å². The van der Waals surface area contributed by atoms with Gasteiger partial charge in [0.2, 0.25) is 0 Å². The highest BCUT2D eigenvalue weighted by Gasteiger charge is 2.18. The molecule has 0 spiro atoms. The second-order valence-corrected chi connectivity index (χ2v) is 9.36. The van der Waals surface area contributed by atoms with E-state index in [9.17, 15) is 0 Å². The minimum absolute atomic E-state index is 0.792. The first-order valence-electron chi connectivity index (χ1n) is 13.1. The number of nitrogens with zero attached hydrogens (tertiary/aromatic N) is 2. The van der Waals surface area contributed by atoms with Gasteiger partial charge in [0, 0.05) is 42.5 Å². The van der Waals surface area contributed by atoms with Gasteiger partial charge in [0.05, 0.1) is 12.8 Å². The van der Waals surface area contributed by atoms with E-state index in [1.807, 2.05) is 0 Å². The minimum Gasteiger partial charge on any atom is -0.496 e. The first kappa shape index (κ1) is 25.7. The van der Waals surface area contributed by atoms with Crippen molar-refractivity contribution in [3.8, 4) is 17.0 Å². The Hall–Kier alpha value is -3.43. The molecule has 0 amide bonds. The number of methoxy groups -OCH3 is 1. The van der Waals surface area contributed by atoms with Crippen LogP contribution in [0.1, 0.15) is 47.4 Å². The lowest BCUT2D eigenvalue weighted by molar-refractivity contribution is 0.254. The summed E-state index contributed by atoms with van der Waals surface area (Å²) in [5, 5.41) is 0. The number of aryl methyl sites for hydroxylation is 3. The number of pyridine rings is 1. The highest BCUT2D eigenvalue weighted by atomic mass is 16.5. The summed E-state index contributed by atoms with van der Waals surface area (Å²) in [7, 11) is 1.78. The van der Waals surface area contributed by atoms with Gasteiger partial charge in [0.15, 0.2) is 0 Å². The van der Waals surface area contributed by atoms with E-state index in [0.717, 1.165) is 61.6 Å². The van der Waals surface area contributed by atoms with E-state index in [4.69, 9.17) is 9.72 Å². The van der Waals surface area contributed by atoms with Crippen molar-refractivity contribution < 1.29 is 4.74 Å². The first-order chi connectivity index (χ1) is 17.6. The van der Waals surface area contributed by atoms with Gasteiger partial charge in [-0.15, -0.1) is 0 Å². The second kappa shape index (κ2) is 12.5. The summed E-state index contributed by atoms with van der Waals surface area (Å²) < 4.78 is 5.98. The standard InChI is InChI=1S/C33H38N2O/c1-5-28-18-13-19-29(6-2)33(28)31-22-32(36-4)30(25(3)34-31)24-35(23-27-16-11-8-12-17-27)21-20-26-14-9-7-10-15-26/h7-19,22H,5-6,20-21,23-24H2,1-4H3. The molecule has 3 aromatic carbocycles. The molecule has 3 nitrogen and oxygen atoms in total. The fraction of sp³-hybridized carbons (Fsp3) is 0.303. The van der Waals surface area contributed by atoms with Gasteiger partial charge < -0.3 is 4.74 Å². The van der Waals surface area contributed by atoms with E-state index < -0.39 is 0 Å². The number of benzene rings is 3. The van der Waals surface area contributed by atoms with E-state index in [0.29, 0.717) is 0 Å². The Kier molecular flexibility index (Phi) is 8.91. The molecule has 0 aliphatic heterocycles. The summed E-state index contributed by atoms with van der Waals surface area (Å²) >= 11 is 0. The third-order valence-electron chi connectivity index (χ3n) is 6.96. The number of hydrogen-bond donors (Lipinski definition) is 0. The highest BCUT2D eigenvalue weighted by molar-refractivity contribution is 5.70. The van der Waals surface area contributed by atoms with Gasteiger partial charge in [0.25, 0.3) is 0 Å². The third kappa shape index (κ3) is 6.22. The van der Waals surface area contributed by atoms with Crippen LogP contribution in [0.3, 0.4) is 0 Å². The molecule has 1 heterocycles. The molecule has 186 valence electrons. The number of hydrogen-bond acceptors (Lipinski definition) is 3. The molecule has 1 aromatic heterocycles. The van der Waals surface area contributed by atoms with Gasteiger partial charge in [0.1, 0.15) is 5.75 Å². The number of ether oxygens (including phenoxy) is 1. The molecule has 0 radical (unpaired) electrons. The largest absolute Gasteiger partial charge is 0.496 e. The maximum Gasteiger partial charge on any atom is 0.127 e. The molecule has 3 heteroatoms. The lowest BCUT2D eigenvalue weighted by Gasteiger charge is -2.25. The number of aromatic nitrogens is 1. The average Bonchev–Trinajstić information content (AvgIpc) is 2.93. The molecule has 0 bridgehead atoms. The molecule has 0 N–H and O–H groups in total. The molecule has 0 unspecified atom stereocenters. The molecule has 0 fully saturated rings. The van der Waals surface area contributed by atoms with Crippen molar-refractivity contribution in [1.29, 1.82) is 0 Å². The van der Waals surface area contributed by atoms with Gasteiger partial charge in [-0.1, -0.05) is 92.7 Å². The zero-order valence-corrected chi connectivity index (χ0v) is 22.1. The van der Waals surface area contributed by atoms with Crippen LogP contribution in [-0.4, -0.2) is 23.5 Å². The highest BCUT2D eigenvalue weighted by Crippen LogP contribution is 2.33. The van der Waals surface area contributed by atoms with Crippen molar-refractivity contribution in [2.45, 2.75) is 53.1 Å². The van der Waals surface area contributed by atoms with E-state index >= 15 is 0 Å².